The normalized spacial score (nSPS) is 11.0. The van der Waals surface area contributed by atoms with E-state index in [1.165, 1.54) is 77.6 Å². The molecule has 134 valence electrons. The molecule has 23 heavy (non-hydrogen) atoms. The van der Waals surface area contributed by atoms with E-state index >= 15 is 0 Å². The number of allylic oxidation sites excluding steroid dienone is 2. The Morgan fingerprint density at radius 2 is 1.22 bits per heavy atom. The minimum Gasteiger partial charge on any atom is -0.393 e. The highest BCUT2D eigenvalue weighted by Gasteiger charge is 2.04. The maximum Gasteiger partial charge on any atom is 0.313 e. The summed E-state index contributed by atoms with van der Waals surface area (Å²) in [7, 11) is 0. The fourth-order valence-electron chi connectivity index (χ4n) is 2.55. The summed E-state index contributed by atoms with van der Waals surface area (Å²) >= 11 is 0. The Bertz CT molecular complexity index is 321. The Kier molecular flexibility index (Phi) is 16.4. The van der Waals surface area contributed by atoms with Gasteiger partial charge in [-0.2, -0.15) is 0 Å². The third kappa shape index (κ3) is 18.8. The van der Waals surface area contributed by atoms with Crippen LogP contribution in [-0.4, -0.2) is 11.9 Å². The molecule has 0 N–H and O–H groups in total. The van der Waals surface area contributed by atoms with Crippen molar-refractivity contribution in [3.05, 3.63) is 12.2 Å². The van der Waals surface area contributed by atoms with Crippen molar-refractivity contribution in [3.63, 3.8) is 0 Å². The summed E-state index contributed by atoms with van der Waals surface area (Å²) in [6, 6.07) is 0. The molecular weight excluding hydrogens is 288 g/mol. The Balaban J connectivity index is 3.17. The summed E-state index contributed by atoms with van der Waals surface area (Å²) in [6.07, 6.45) is 21.0. The number of carbonyl (C=O) groups excluding carboxylic acids is 2. The summed E-state index contributed by atoms with van der Waals surface area (Å²) in [5.74, 6) is -0.899. The topological polar surface area (TPSA) is 43.4 Å². The van der Waals surface area contributed by atoms with E-state index in [0.29, 0.717) is 6.42 Å². The van der Waals surface area contributed by atoms with Gasteiger partial charge in [-0.1, -0.05) is 70.4 Å². The van der Waals surface area contributed by atoms with Crippen molar-refractivity contribution in [2.45, 2.75) is 104 Å². The van der Waals surface area contributed by atoms with Crippen LogP contribution in [0.3, 0.4) is 0 Å². The van der Waals surface area contributed by atoms with Crippen LogP contribution in [0.1, 0.15) is 104 Å². The molecule has 0 saturated carbocycles. The third-order valence-corrected chi connectivity index (χ3v) is 3.90. The van der Waals surface area contributed by atoms with Gasteiger partial charge in [0, 0.05) is 13.3 Å². The van der Waals surface area contributed by atoms with E-state index in [4.69, 9.17) is 0 Å². The Hall–Kier alpha value is -1.12. The predicted molar refractivity (Wildman–Crippen MR) is 96.2 cm³/mol. The smallest absolute Gasteiger partial charge is 0.313 e. The Morgan fingerprint density at radius 3 is 1.74 bits per heavy atom. The van der Waals surface area contributed by atoms with E-state index < -0.39 is 5.97 Å². The maximum atomic E-state index is 11.1. The van der Waals surface area contributed by atoms with E-state index in [2.05, 4.69) is 23.8 Å². The van der Waals surface area contributed by atoms with Gasteiger partial charge in [0.25, 0.3) is 0 Å². The van der Waals surface area contributed by atoms with Crippen LogP contribution in [0.4, 0.5) is 0 Å². The molecule has 0 aliphatic rings. The van der Waals surface area contributed by atoms with Gasteiger partial charge in [0.2, 0.25) is 0 Å². The Labute approximate surface area is 142 Å². The van der Waals surface area contributed by atoms with Gasteiger partial charge >= 0.3 is 11.9 Å². The number of hydrogen-bond donors (Lipinski definition) is 0. The first-order valence-electron chi connectivity index (χ1n) is 9.53. The van der Waals surface area contributed by atoms with Crippen LogP contribution in [0.15, 0.2) is 12.2 Å². The first kappa shape index (κ1) is 21.9. The van der Waals surface area contributed by atoms with Gasteiger partial charge in [-0.25, -0.2) is 0 Å². The molecular formula is C20H36O3. The van der Waals surface area contributed by atoms with E-state index in [1.807, 2.05) is 0 Å². The largest absolute Gasteiger partial charge is 0.393 e. The summed E-state index contributed by atoms with van der Waals surface area (Å²) in [5, 5.41) is 0. The zero-order valence-electron chi connectivity index (χ0n) is 15.3. The van der Waals surface area contributed by atoms with Gasteiger partial charge in [-0.05, 0) is 32.1 Å². The molecule has 3 heteroatoms. The Morgan fingerprint density at radius 1 is 0.739 bits per heavy atom. The minimum atomic E-state index is -0.509. The van der Waals surface area contributed by atoms with Crippen molar-refractivity contribution < 1.29 is 14.3 Å². The number of ether oxygens (including phenoxy) is 1. The second-order valence-electron chi connectivity index (χ2n) is 6.30. The van der Waals surface area contributed by atoms with Crippen molar-refractivity contribution in [2.75, 3.05) is 0 Å². The molecule has 0 bridgehead atoms. The van der Waals surface area contributed by atoms with Gasteiger partial charge in [-0.3, -0.25) is 9.59 Å². The molecule has 0 heterocycles. The van der Waals surface area contributed by atoms with Gasteiger partial charge in [0.05, 0.1) is 0 Å². The van der Waals surface area contributed by atoms with E-state index in [1.54, 1.807) is 0 Å². The lowest BCUT2D eigenvalue weighted by molar-refractivity contribution is -0.158. The molecule has 3 nitrogen and oxygen atoms in total. The van der Waals surface area contributed by atoms with Gasteiger partial charge in [0.15, 0.2) is 0 Å². The van der Waals surface area contributed by atoms with Crippen molar-refractivity contribution in [1.29, 1.82) is 0 Å². The van der Waals surface area contributed by atoms with Crippen molar-refractivity contribution >= 4 is 11.9 Å². The lowest BCUT2D eigenvalue weighted by Gasteiger charge is -2.01. The van der Waals surface area contributed by atoms with Crippen LogP contribution in [-0.2, 0) is 14.3 Å². The quantitative estimate of drug-likeness (QED) is 0.158. The third-order valence-electron chi connectivity index (χ3n) is 3.90. The van der Waals surface area contributed by atoms with Gasteiger partial charge in [0.1, 0.15) is 0 Å². The lowest BCUT2D eigenvalue weighted by Crippen LogP contribution is -2.08. The highest BCUT2D eigenvalue weighted by molar-refractivity contribution is 5.83. The van der Waals surface area contributed by atoms with Crippen molar-refractivity contribution in [3.8, 4) is 0 Å². The lowest BCUT2D eigenvalue weighted by atomic mass is 10.1. The number of esters is 2. The standard InChI is InChI=1S/C20H36O3/c1-3-4-5-6-7-8-9-10-11-12-13-14-15-16-17-18-20(22)23-19(2)21/h8-9H,3-7,10-18H2,1-2H3. The molecule has 0 aromatic carbocycles. The van der Waals surface area contributed by atoms with Crippen LogP contribution in [0, 0.1) is 0 Å². The average molecular weight is 325 g/mol. The number of carbonyl (C=O) groups is 2. The zero-order chi connectivity index (χ0) is 17.2. The fourth-order valence-corrected chi connectivity index (χ4v) is 2.55. The SMILES string of the molecule is CCCCCCC=CCCCCCCCCCC(=O)OC(C)=O. The first-order chi connectivity index (χ1) is 11.2. The molecule has 0 saturated heterocycles. The highest BCUT2D eigenvalue weighted by atomic mass is 16.6. The summed E-state index contributed by atoms with van der Waals surface area (Å²) < 4.78 is 4.49. The van der Waals surface area contributed by atoms with Crippen LogP contribution in [0.2, 0.25) is 0 Å². The average Bonchev–Trinajstić information content (AvgIpc) is 2.50. The molecule has 0 aliphatic carbocycles. The van der Waals surface area contributed by atoms with Gasteiger partial charge < -0.3 is 4.74 Å². The number of rotatable bonds is 15. The molecule has 0 spiro atoms. The number of unbranched alkanes of at least 4 members (excludes halogenated alkanes) is 11. The minimum absolute atomic E-state index is 0.364. The molecule has 0 rings (SSSR count). The molecule has 0 aromatic rings. The molecule has 0 aliphatic heterocycles. The second-order valence-corrected chi connectivity index (χ2v) is 6.30. The molecule has 0 atom stereocenters. The summed E-state index contributed by atoms with van der Waals surface area (Å²) in [6.45, 7) is 3.51. The van der Waals surface area contributed by atoms with Gasteiger partial charge in [-0.15, -0.1) is 0 Å². The van der Waals surface area contributed by atoms with Crippen LogP contribution < -0.4 is 0 Å². The molecule has 0 aromatic heterocycles. The molecule has 0 radical (unpaired) electrons. The summed E-state index contributed by atoms with van der Waals surface area (Å²) in [4.78, 5) is 21.7. The van der Waals surface area contributed by atoms with E-state index in [0.717, 1.165) is 12.8 Å². The summed E-state index contributed by atoms with van der Waals surface area (Å²) in [5.41, 5.74) is 0. The molecule has 0 unspecified atom stereocenters. The van der Waals surface area contributed by atoms with Crippen LogP contribution in [0.5, 0.6) is 0 Å². The zero-order valence-corrected chi connectivity index (χ0v) is 15.3. The second kappa shape index (κ2) is 17.2. The molecule has 0 amide bonds. The van der Waals surface area contributed by atoms with Crippen molar-refractivity contribution in [1.82, 2.24) is 0 Å². The predicted octanol–water partition coefficient (Wildman–Crippen LogP) is 6.11. The van der Waals surface area contributed by atoms with Crippen LogP contribution in [0.25, 0.3) is 0 Å². The first-order valence-corrected chi connectivity index (χ1v) is 9.53. The van der Waals surface area contributed by atoms with Crippen LogP contribution >= 0.6 is 0 Å². The van der Waals surface area contributed by atoms with E-state index in [-0.39, 0.29) is 5.97 Å². The maximum absolute atomic E-state index is 11.1. The van der Waals surface area contributed by atoms with E-state index in [9.17, 15) is 9.59 Å². The fraction of sp³-hybridized carbons (Fsp3) is 0.800. The van der Waals surface area contributed by atoms with Crippen molar-refractivity contribution in [2.24, 2.45) is 0 Å². The molecule has 0 fully saturated rings. The highest BCUT2D eigenvalue weighted by Crippen LogP contribution is 2.11. The monoisotopic (exact) mass is 324 g/mol. The number of hydrogen-bond acceptors (Lipinski definition) is 3.